The number of benzene rings is 1. The van der Waals surface area contributed by atoms with Crippen LogP contribution in [0.2, 0.25) is 0 Å². The fourth-order valence-electron chi connectivity index (χ4n) is 1.02. The van der Waals surface area contributed by atoms with Crippen LogP contribution in [0.15, 0.2) is 18.2 Å². The topological polar surface area (TPSA) is 69.4 Å². The fourth-order valence-corrected chi connectivity index (χ4v) is 1.02. The summed E-state index contributed by atoms with van der Waals surface area (Å²) in [5.41, 5.74) is 0.655. The van der Waals surface area contributed by atoms with Crippen LogP contribution in [0, 0.1) is 17.0 Å². The summed E-state index contributed by atoms with van der Waals surface area (Å²) in [6, 6.07) is 4.57. The van der Waals surface area contributed by atoms with Crippen molar-refractivity contribution in [2.75, 3.05) is 6.61 Å². The molecule has 0 bridgehead atoms. The molecule has 5 heteroatoms. The predicted octanol–water partition coefficient (Wildman–Crippen LogP) is 1.48. The van der Waals surface area contributed by atoms with Crippen LogP contribution in [0.25, 0.3) is 0 Å². The monoisotopic (exact) mass is 195 g/mol. The van der Waals surface area contributed by atoms with Crippen LogP contribution in [-0.4, -0.2) is 17.8 Å². The van der Waals surface area contributed by atoms with Gasteiger partial charge in [-0.1, -0.05) is 6.07 Å². The Balaban J connectivity index is 3.01. The number of nitro benzene ring substituents is 1. The van der Waals surface area contributed by atoms with Crippen molar-refractivity contribution in [3.63, 3.8) is 0 Å². The Kier molecular flexibility index (Phi) is 3.17. The molecule has 0 saturated heterocycles. The van der Waals surface area contributed by atoms with Gasteiger partial charge in [-0.05, 0) is 18.6 Å². The van der Waals surface area contributed by atoms with Gasteiger partial charge in [-0.2, -0.15) is 0 Å². The average molecular weight is 195 g/mol. The molecule has 1 rings (SSSR count). The summed E-state index contributed by atoms with van der Waals surface area (Å²) in [7, 11) is 0. The molecule has 1 aromatic rings. The molecule has 14 heavy (non-hydrogen) atoms. The van der Waals surface area contributed by atoms with E-state index in [2.05, 4.69) is 0 Å². The van der Waals surface area contributed by atoms with Crippen molar-refractivity contribution in [2.24, 2.45) is 0 Å². The summed E-state index contributed by atoms with van der Waals surface area (Å²) in [4.78, 5) is 20.1. The fraction of sp³-hybridized carbons (Fsp3) is 0.222. The van der Waals surface area contributed by atoms with Crippen LogP contribution >= 0.6 is 0 Å². The third-order valence-electron chi connectivity index (χ3n) is 1.62. The number of ether oxygens (including phenoxy) is 1. The summed E-state index contributed by atoms with van der Waals surface area (Å²) >= 11 is 0. The minimum absolute atomic E-state index is 0.118. The number of rotatable bonds is 4. The van der Waals surface area contributed by atoms with E-state index in [9.17, 15) is 14.9 Å². The lowest BCUT2D eigenvalue weighted by Gasteiger charge is -2.03. The summed E-state index contributed by atoms with van der Waals surface area (Å²) in [5.74, 6) is 0.118. The van der Waals surface area contributed by atoms with E-state index in [1.807, 2.05) is 0 Å². The van der Waals surface area contributed by atoms with Crippen LogP contribution in [-0.2, 0) is 4.79 Å². The lowest BCUT2D eigenvalue weighted by atomic mass is 10.2. The Labute approximate surface area is 80.5 Å². The second-order valence-corrected chi connectivity index (χ2v) is 2.71. The highest BCUT2D eigenvalue weighted by molar-refractivity contribution is 5.54. The second kappa shape index (κ2) is 4.36. The maximum absolute atomic E-state index is 10.6. The van der Waals surface area contributed by atoms with Gasteiger partial charge in [0.15, 0.2) is 12.0 Å². The van der Waals surface area contributed by atoms with Crippen molar-refractivity contribution in [1.82, 2.24) is 0 Å². The van der Waals surface area contributed by atoms with Gasteiger partial charge in [-0.25, -0.2) is 0 Å². The third kappa shape index (κ3) is 2.29. The molecule has 0 radical (unpaired) electrons. The Hall–Kier alpha value is -1.91. The van der Waals surface area contributed by atoms with Crippen LogP contribution < -0.4 is 4.74 Å². The summed E-state index contributed by atoms with van der Waals surface area (Å²) < 4.78 is 4.89. The zero-order chi connectivity index (χ0) is 10.6. The lowest BCUT2D eigenvalue weighted by molar-refractivity contribution is -0.385. The van der Waals surface area contributed by atoms with Gasteiger partial charge in [0, 0.05) is 6.07 Å². The average Bonchev–Trinajstić information content (AvgIpc) is 2.15. The van der Waals surface area contributed by atoms with Gasteiger partial charge in [0.2, 0.25) is 0 Å². The number of carbonyl (C=O) groups excluding carboxylic acids is 1. The van der Waals surface area contributed by atoms with Crippen LogP contribution in [0.4, 0.5) is 5.69 Å². The summed E-state index contributed by atoms with van der Waals surface area (Å²) in [5, 5.41) is 10.6. The number of nitro groups is 1. The van der Waals surface area contributed by atoms with Gasteiger partial charge in [0.1, 0.15) is 6.61 Å². The van der Waals surface area contributed by atoms with E-state index in [0.717, 1.165) is 5.56 Å². The smallest absolute Gasteiger partial charge is 0.311 e. The van der Waals surface area contributed by atoms with Crippen LogP contribution in [0.5, 0.6) is 5.75 Å². The third-order valence-corrected chi connectivity index (χ3v) is 1.62. The van der Waals surface area contributed by atoms with Crippen LogP contribution in [0.3, 0.4) is 0 Å². The quantitative estimate of drug-likeness (QED) is 0.414. The van der Waals surface area contributed by atoms with Crippen LogP contribution in [0.1, 0.15) is 5.56 Å². The molecular weight excluding hydrogens is 186 g/mol. The van der Waals surface area contributed by atoms with Gasteiger partial charge in [0.25, 0.3) is 0 Å². The van der Waals surface area contributed by atoms with Gasteiger partial charge >= 0.3 is 5.69 Å². The van der Waals surface area contributed by atoms with Crippen molar-refractivity contribution in [2.45, 2.75) is 6.92 Å². The molecule has 1 aromatic carbocycles. The number of aryl methyl sites for hydroxylation is 1. The summed E-state index contributed by atoms with van der Waals surface area (Å²) in [6.45, 7) is 1.57. The second-order valence-electron chi connectivity index (χ2n) is 2.71. The first-order valence-electron chi connectivity index (χ1n) is 3.96. The Morgan fingerprint density at radius 2 is 2.29 bits per heavy atom. The van der Waals surface area contributed by atoms with Gasteiger partial charge in [0.05, 0.1) is 4.92 Å². The molecule has 0 aromatic heterocycles. The molecule has 74 valence electrons. The number of nitrogens with zero attached hydrogens (tertiary/aromatic N) is 1. The van der Waals surface area contributed by atoms with Crippen molar-refractivity contribution in [3.8, 4) is 5.75 Å². The Morgan fingerprint density at radius 1 is 1.57 bits per heavy atom. The molecule has 0 aliphatic carbocycles. The maximum Gasteiger partial charge on any atom is 0.311 e. The molecule has 0 saturated carbocycles. The minimum Gasteiger partial charge on any atom is -0.479 e. The molecule has 0 atom stereocenters. The normalized spacial score (nSPS) is 9.50. The highest BCUT2D eigenvalue weighted by atomic mass is 16.6. The first-order valence-corrected chi connectivity index (χ1v) is 3.96. The zero-order valence-electron chi connectivity index (χ0n) is 7.60. The molecule has 0 unspecified atom stereocenters. The minimum atomic E-state index is -0.535. The molecule has 0 fully saturated rings. The first kappa shape index (κ1) is 10.2. The zero-order valence-corrected chi connectivity index (χ0v) is 7.60. The van der Waals surface area contributed by atoms with E-state index in [1.165, 1.54) is 12.1 Å². The number of hydrogen-bond acceptors (Lipinski definition) is 4. The molecule has 0 amide bonds. The van der Waals surface area contributed by atoms with Crippen molar-refractivity contribution in [1.29, 1.82) is 0 Å². The summed E-state index contributed by atoms with van der Waals surface area (Å²) in [6.07, 6.45) is 0.545. The molecule has 0 N–H and O–H groups in total. The number of carbonyl (C=O) groups is 1. The van der Waals surface area contributed by atoms with E-state index in [-0.39, 0.29) is 18.0 Å². The van der Waals surface area contributed by atoms with Crippen molar-refractivity contribution < 1.29 is 14.5 Å². The number of aldehydes is 1. The van der Waals surface area contributed by atoms with E-state index in [1.54, 1.807) is 13.0 Å². The molecule has 0 aliphatic rings. The number of hydrogen-bond donors (Lipinski definition) is 0. The van der Waals surface area contributed by atoms with Gasteiger partial charge in [-0.3, -0.25) is 14.9 Å². The molecule has 0 aliphatic heterocycles. The lowest BCUT2D eigenvalue weighted by Crippen LogP contribution is -2.01. The highest BCUT2D eigenvalue weighted by Crippen LogP contribution is 2.27. The largest absolute Gasteiger partial charge is 0.479 e. The van der Waals surface area contributed by atoms with Gasteiger partial charge in [-0.15, -0.1) is 0 Å². The Bertz CT molecular complexity index is 362. The first-order chi connectivity index (χ1) is 6.65. The highest BCUT2D eigenvalue weighted by Gasteiger charge is 2.14. The molecular formula is C9H9NO4. The molecule has 0 spiro atoms. The van der Waals surface area contributed by atoms with E-state index in [4.69, 9.17) is 4.74 Å². The van der Waals surface area contributed by atoms with Crippen molar-refractivity contribution >= 4 is 12.0 Å². The van der Waals surface area contributed by atoms with E-state index >= 15 is 0 Å². The van der Waals surface area contributed by atoms with Crippen molar-refractivity contribution in [3.05, 3.63) is 33.9 Å². The molecule has 0 heterocycles. The van der Waals surface area contributed by atoms with E-state index < -0.39 is 4.92 Å². The Morgan fingerprint density at radius 3 is 2.86 bits per heavy atom. The SMILES string of the molecule is Cc1ccc(OCC=O)c([N+](=O)[O-])c1. The molecule has 5 nitrogen and oxygen atoms in total. The van der Waals surface area contributed by atoms with E-state index in [0.29, 0.717) is 6.29 Å². The standard InChI is InChI=1S/C9H9NO4/c1-7-2-3-9(14-5-4-11)8(6-7)10(12)13/h2-4,6H,5H2,1H3. The maximum atomic E-state index is 10.6. The predicted molar refractivity (Wildman–Crippen MR) is 49.4 cm³/mol. The van der Waals surface area contributed by atoms with Gasteiger partial charge < -0.3 is 4.74 Å².